The Hall–Kier alpha value is -1.22. The molecular formula is C13H21NO2. The fourth-order valence-electron chi connectivity index (χ4n) is 1.58. The van der Waals surface area contributed by atoms with Crippen molar-refractivity contribution in [1.82, 2.24) is 5.32 Å². The number of phenolic OH excluding ortho intramolecular Hbond substituents is 1. The highest BCUT2D eigenvalue weighted by atomic mass is 16.5. The van der Waals surface area contributed by atoms with Gasteiger partial charge in [-0.25, -0.2) is 0 Å². The van der Waals surface area contributed by atoms with Crippen LogP contribution in [0.4, 0.5) is 0 Å². The SMILES string of the molecule is CCCCCNCc1ccc(OC)c(O)c1. The van der Waals surface area contributed by atoms with Crippen molar-refractivity contribution in [3.8, 4) is 11.5 Å². The first-order chi connectivity index (χ1) is 7.77. The molecule has 90 valence electrons. The number of ether oxygens (including phenoxy) is 1. The number of nitrogens with one attached hydrogen (secondary N) is 1. The molecular weight excluding hydrogens is 202 g/mol. The lowest BCUT2D eigenvalue weighted by Crippen LogP contribution is -2.14. The van der Waals surface area contributed by atoms with Gasteiger partial charge >= 0.3 is 0 Å². The Morgan fingerprint density at radius 1 is 1.31 bits per heavy atom. The molecule has 0 aliphatic rings. The second kappa shape index (κ2) is 7.12. The number of hydrogen-bond acceptors (Lipinski definition) is 3. The van der Waals surface area contributed by atoms with Gasteiger partial charge in [-0.1, -0.05) is 25.8 Å². The van der Waals surface area contributed by atoms with E-state index in [2.05, 4.69) is 12.2 Å². The quantitative estimate of drug-likeness (QED) is 0.698. The van der Waals surface area contributed by atoms with Crippen LogP contribution in [-0.2, 0) is 6.54 Å². The van der Waals surface area contributed by atoms with Gasteiger partial charge < -0.3 is 15.2 Å². The van der Waals surface area contributed by atoms with E-state index >= 15 is 0 Å². The number of phenols is 1. The maximum Gasteiger partial charge on any atom is 0.160 e. The molecule has 0 unspecified atom stereocenters. The van der Waals surface area contributed by atoms with Crippen molar-refractivity contribution < 1.29 is 9.84 Å². The van der Waals surface area contributed by atoms with E-state index in [1.165, 1.54) is 19.3 Å². The molecule has 0 fully saturated rings. The van der Waals surface area contributed by atoms with Gasteiger partial charge in [0.25, 0.3) is 0 Å². The van der Waals surface area contributed by atoms with E-state index in [0.29, 0.717) is 5.75 Å². The van der Waals surface area contributed by atoms with Gasteiger partial charge in [0.15, 0.2) is 11.5 Å². The molecule has 0 aromatic heterocycles. The molecule has 16 heavy (non-hydrogen) atoms. The number of methoxy groups -OCH3 is 1. The Balaban J connectivity index is 2.34. The van der Waals surface area contributed by atoms with Gasteiger partial charge in [0.1, 0.15) is 0 Å². The van der Waals surface area contributed by atoms with Gasteiger partial charge in [0.2, 0.25) is 0 Å². The standard InChI is InChI=1S/C13H21NO2/c1-3-4-5-8-14-10-11-6-7-13(16-2)12(15)9-11/h6-7,9,14-15H,3-5,8,10H2,1-2H3. The fourth-order valence-corrected chi connectivity index (χ4v) is 1.58. The van der Waals surface area contributed by atoms with Crippen molar-refractivity contribution in [3.05, 3.63) is 23.8 Å². The zero-order chi connectivity index (χ0) is 11.8. The maximum atomic E-state index is 9.58. The second-order valence-electron chi connectivity index (χ2n) is 3.89. The minimum Gasteiger partial charge on any atom is -0.504 e. The number of unbranched alkanes of at least 4 members (excludes halogenated alkanes) is 2. The molecule has 0 atom stereocenters. The molecule has 0 saturated heterocycles. The van der Waals surface area contributed by atoms with Crippen molar-refractivity contribution in [3.63, 3.8) is 0 Å². The monoisotopic (exact) mass is 223 g/mol. The Labute approximate surface area is 97.4 Å². The number of benzene rings is 1. The van der Waals surface area contributed by atoms with Crippen molar-refractivity contribution in [2.45, 2.75) is 32.7 Å². The Bertz CT molecular complexity index is 313. The molecule has 1 aromatic carbocycles. The van der Waals surface area contributed by atoms with E-state index in [-0.39, 0.29) is 5.75 Å². The van der Waals surface area contributed by atoms with E-state index in [1.54, 1.807) is 19.2 Å². The molecule has 0 aliphatic heterocycles. The van der Waals surface area contributed by atoms with Gasteiger partial charge in [-0.15, -0.1) is 0 Å². The van der Waals surface area contributed by atoms with Crippen LogP contribution in [0.25, 0.3) is 0 Å². The highest BCUT2D eigenvalue weighted by molar-refractivity contribution is 5.41. The van der Waals surface area contributed by atoms with Crippen LogP contribution in [0.1, 0.15) is 31.7 Å². The van der Waals surface area contributed by atoms with E-state index in [0.717, 1.165) is 18.7 Å². The van der Waals surface area contributed by atoms with Crippen LogP contribution in [0.2, 0.25) is 0 Å². The number of hydrogen-bond donors (Lipinski definition) is 2. The average Bonchev–Trinajstić information content (AvgIpc) is 2.29. The predicted molar refractivity (Wildman–Crippen MR) is 65.9 cm³/mol. The number of rotatable bonds is 7. The molecule has 1 rings (SSSR count). The summed E-state index contributed by atoms with van der Waals surface area (Å²) < 4.78 is 4.99. The summed E-state index contributed by atoms with van der Waals surface area (Å²) in [4.78, 5) is 0. The molecule has 0 spiro atoms. The summed E-state index contributed by atoms with van der Waals surface area (Å²) in [5.74, 6) is 0.727. The van der Waals surface area contributed by atoms with Gasteiger partial charge in [-0.2, -0.15) is 0 Å². The van der Waals surface area contributed by atoms with Crippen LogP contribution in [0.3, 0.4) is 0 Å². The van der Waals surface area contributed by atoms with Crippen LogP contribution >= 0.6 is 0 Å². The lowest BCUT2D eigenvalue weighted by Gasteiger charge is -2.07. The normalized spacial score (nSPS) is 10.4. The minimum absolute atomic E-state index is 0.204. The fraction of sp³-hybridized carbons (Fsp3) is 0.538. The van der Waals surface area contributed by atoms with Crippen molar-refractivity contribution >= 4 is 0 Å². The minimum atomic E-state index is 0.204. The van der Waals surface area contributed by atoms with E-state index in [9.17, 15) is 5.11 Å². The van der Waals surface area contributed by atoms with Crippen molar-refractivity contribution in [1.29, 1.82) is 0 Å². The highest BCUT2D eigenvalue weighted by Crippen LogP contribution is 2.25. The third-order valence-corrected chi connectivity index (χ3v) is 2.53. The largest absolute Gasteiger partial charge is 0.504 e. The van der Waals surface area contributed by atoms with Gasteiger partial charge in [-0.05, 0) is 30.7 Å². The first-order valence-corrected chi connectivity index (χ1v) is 5.84. The second-order valence-corrected chi connectivity index (χ2v) is 3.89. The summed E-state index contributed by atoms with van der Waals surface area (Å²) in [5.41, 5.74) is 1.08. The summed E-state index contributed by atoms with van der Waals surface area (Å²) in [7, 11) is 1.55. The van der Waals surface area contributed by atoms with Crippen LogP contribution < -0.4 is 10.1 Å². The van der Waals surface area contributed by atoms with E-state index in [4.69, 9.17) is 4.74 Å². The summed E-state index contributed by atoms with van der Waals surface area (Å²) >= 11 is 0. The molecule has 0 amide bonds. The molecule has 3 heteroatoms. The molecule has 0 radical (unpaired) electrons. The lowest BCUT2D eigenvalue weighted by molar-refractivity contribution is 0.373. The van der Waals surface area contributed by atoms with Crippen LogP contribution in [0, 0.1) is 0 Å². The summed E-state index contributed by atoms with van der Waals surface area (Å²) in [6.07, 6.45) is 3.71. The molecule has 0 aliphatic carbocycles. The topological polar surface area (TPSA) is 41.5 Å². The molecule has 0 bridgehead atoms. The Morgan fingerprint density at radius 3 is 2.75 bits per heavy atom. The molecule has 2 N–H and O–H groups in total. The first kappa shape index (κ1) is 12.8. The average molecular weight is 223 g/mol. The smallest absolute Gasteiger partial charge is 0.160 e. The lowest BCUT2D eigenvalue weighted by atomic mass is 10.2. The van der Waals surface area contributed by atoms with Crippen LogP contribution in [0.5, 0.6) is 11.5 Å². The van der Waals surface area contributed by atoms with Gasteiger partial charge in [-0.3, -0.25) is 0 Å². The highest BCUT2D eigenvalue weighted by Gasteiger charge is 2.01. The van der Waals surface area contributed by atoms with Crippen molar-refractivity contribution in [2.75, 3.05) is 13.7 Å². The zero-order valence-electron chi connectivity index (χ0n) is 10.1. The Kier molecular flexibility index (Phi) is 5.72. The van der Waals surface area contributed by atoms with E-state index in [1.807, 2.05) is 6.07 Å². The van der Waals surface area contributed by atoms with E-state index < -0.39 is 0 Å². The summed E-state index contributed by atoms with van der Waals surface area (Å²) in [6, 6.07) is 5.50. The maximum absolute atomic E-state index is 9.58. The third-order valence-electron chi connectivity index (χ3n) is 2.53. The molecule has 0 heterocycles. The predicted octanol–water partition coefficient (Wildman–Crippen LogP) is 2.68. The first-order valence-electron chi connectivity index (χ1n) is 5.84. The van der Waals surface area contributed by atoms with Crippen LogP contribution in [0.15, 0.2) is 18.2 Å². The summed E-state index contributed by atoms with van der Waals surface area (Å²) in [5, 5.41) is 12.9. The van der Waals surface area contributed by atoms with Crippen LogP contribution in [-0.4, -0.2) is 18.8 Å². The third kappa shape index (κ3) is 4.11. The van der Waals surface area contributed by atoms with Gasteiger partial charge in [0.05, 0.1) is 7.11 Å². The zero-order valence-corrected chi connectivity index (χ0v) is 10.1. The molecule has 3 nitrogen and oxygen atoms in total. The number of aromatic hydroxyl groups is 1. The molecule has 0 saturated carbocycles. The Morgan fingerprint density at radius 2 is 2.12 bits per heavy atom. The molecule has 1 aromatic rings. The van der Waals surface area contributed by atoms with Gasteiger partial charge in [0, 0.05) is 6.54 Å². The van der Waals surface area contributed by atoms with Crippen molar-refractivity contribution in [2.24, 2.45) is 0 Å². The summed E-state index contributed by atoms with van der Waals surface area (Å²) in [6.45, 7) is 4.02.